The smallest absolute Gasteiger partial charge is 0.226 e. The normalized spacial score (nSPS) is 10.4. The minimum Gasteiger partial charge on any atom is -0.281 e. The molecule has 0 aromatic heterocycles. The van der Waals surface area contributed by atoms with Gasteiger partial charge in [0.05, 0.1) is 1.93 Å². The predicted molar refractivity (Wildman–Crippen MR) is 128 cm³/mol. The van der Waals surface area contributed by atoms with Crippen LogP contribution in [0.25, 0.3) is 11.1 Å². The van der Waals surface area contributed by atoms with Crippen molar-refractivity contribution in [1.82, 2.24) is 0 Å². The van der Waals surface area contributed by atoms with Gasteiger partial charge in [0.15, 0.2) is 0 Å². The molecule has 1 nitrogen and oxygen atoms in total. The Hall–Kier alpha value is 0.150. The first-order valence-corrected chi connectivity index (χ1v) is 11.4. The highest BCUT2D eigenvalue weighted by molar-refractivity contribution is 14.2. The summed E-state index contributed by atoms with van der Waals surface area (Å²) in [5, 5.41) is 0.408. The largest absolute Gasteiger partial charge is 0.281 e. The Morgan fingerprint density at radius 1 is 1.00 bits per heavy atom. The van der Waals surface area contributed by atoms with Gasteiger partial charge in [0.2, 0.25) is 5.24 Å². The lowest BCUT2D eigenvalue weighted by Gasteiger charge is -2.17. The van der Waals surface area contributed by atoms with Crippen molar-refractivity contribution in [3.63, 3.8) is 0 Å². The first-order valence-electron chi connectivity index (χ1n) is 8.16. The van der Waals surface area contributed by atoms with E-state index in [2.05, 4.69) is 78.1 Å². The van der Waals surface area contributed by atoms with Crippen LogP contribution in [-0.2, 0) is 24.1 Å². The maximum atomic E-state index is 11.4. The van der Waals surface area contributed by atoms with Crippen LogP contribution in [0.5, 0.6) is 0 Å². The van der Waals surface area contributed by atoms with Crippen LogP contribution in [0.4, 0.5) is 0 Å². The summed E-state index contributed by atoms with van der Waals surface area (Å²) in [6.45, 7) is 6.34. The third kappa shape index (κ3) is 7.73. The second-order valence-electron chi connectivity index (χ2n) is 5.49. The van der Waals surface area contributed by atoms with Gasteiger partial charge in [-0.1, -0.05) is 94.9 Å². The van der Waals surface area contributed by atoms with Gasteiger partial charge in [-0.25, -0.2) is 0 Å². The van der Waals surface area contributed by atoms with E-state index in [9.17, 15) is 4.79 Å². The Bertz CT molecular complexity index is 695. The lowest BCUT2D eigenvalue weighted by atomic mass is 9.88. The van der Waals surface area contributed by atoms with Crippen molar-refractivity contribution in [2.24, 2.45) is 0 Å². The van der Waals surface area contributed by atoms with E-state index in [0.717, 1.165) is 36.5 Å². The molecule has 0 saturated heterocycles. The Morgan fingerprint density at radius 3 is 2.00 bits per heavy atom. The van der Waals surface area contributed by atoms with E-state index in [1.165, 1.54) is 11.1 Å². The lowest BCUT2D eigenvalue weighted by Crippen LogP contribution is -2.05. The Balaban J connectivity index is 0.000000705. The molecule has 0 aliphatic carbocycles. The van der Waals surface area contributed by atoms with Crippen molar-refractivity contribution in [2.75, 3.05) is 0 Å². The summed E-state index contributed by atoms with van der Waals surface area (Å²) in [4.78, 5) is 11.4. The molecule has 0 saturated carbocycles. The van der Waals surface area contributed by atoms with Crippen molar-refractivity contribution >= 4 is 73.6 Å². The Labute approximate surface area is 188 Å². The molecule has 0 heterocycles. The first kappa shape index (κ1) is 23.2. The molecule has 25 heavy (non-hydrogen) atoms. The first-order chi connectivity index (χ1) is 11.8. The molecule has 0 amide bonds. The molecule has 0 atom stereocenters. The second-order valence-corrected chi connectivity index (χ2v) is 12.5. The van der Waals surface area contributed by atoms with Crippen LogP contribution in [0.3, 0.4) is 0 Å². The van der Waals surface area contributed by atoms with Gasteiger partial charge in [0, 0.05) is 11.4 Å². The lowest BCUT2D eigenvalue weighted by molar-refractivity contribution is -0.111. The highest BCUT2D eigenvalue weighted by Crippen LogP contribution is 2.31. The molecular formula is C20H22Cl2I2O. The van der Waals surface area contributed by atoms with E-state index in [-0.39, 0.29) is 11.7 Å². The molecule has 0 aliphatic rings. The predicted octanol–water partition coefficient (Wildman–Crippen LogP) is 7.64. The zero-order valence-electron chi connectivity index (χ0n) is 14.6. The monoisotopic (exact) mass is 602 g/mol. The fourth-order valence-corrected chi connectivity index (χ4v) is 3.00. The molecule has 0 fully saturated rings. The summed E-state index contributed by atoms with van der Waals surface area (Å²) in [5.74, 6) is 0. The van der Waals surface area contributed by atoms with Crippen LogP contribution in [0.2, 0.25) is 5.02 Å². The number of hydrogen-bond donors (Lipinski definition) is 0. The number of hydrogen-bond acceptors (Lipinski definition) is 1. The van der Waals surface area contributed by atoms with E-state index in [1.807, 2.05) is 24.3 Å². The van der Waals surface area contributed by atoms with Gasteiger partial charge in [0.25, 0.3) is 0 Å². The molecule has 0 bridgehead atoms. The van der Waals surface area contributed by atoms with Crippen molar-refractivity contribution in [2.45, 2.75) is 42.0 Å². The topological polar surface area (TPSA) is 17.1 Å². The van der Waals surface area contributed by atoms with Crippen LogP contribution in [-0.4, -0.2) is 7.17 Å². The maximum Gasteiger partial charge on any atom is 0.226 e. The van der Waals surface area contributed by atoms with Crippen molar-refractivity contribution < 1.29 is 4.79 Å². The SMILES string of the molecule is CC(I)I.CCc1ccc(-c2ccc(Cl)cc2)c(CC)c1CC(=O)Cl. The molecule has 2 aromatic rings. The third-order valence-corrected chi connectivity index (χ3v) is 4.12. The zero-order valence-corrected chi connectivity index (χ0v) is 20.4. The number of benzene rings is 2. The summed E-state index contributed by atoms with van der Waals surface area (Å²) in [6, 6.07) is 12.0. The van der Waals surface area contributed by atoms with Gasteiger partial charge in [0.1, 0.15) is 0 Å². The molecule has 2 rings (SSSR count). The number of alkyl halides is 2. The minimum atomic E-state index is -0.312. The van der Waals surface area contributed by atoms with Gasteiger partial charge in [-0.15, -0.1) is 0 Å². The van der Waals surface area contributed by atoms with Crippen LogP contribution >= 0.6 is 68.4 Å². The van der Waals surface area contributed by atoms with Crippen LogP contribution in [0.1, 0.15) is 37.5 Å². The average Bonchev–Trinajstić information content (AvgIpc) is 2.54. The number of carbonyl (C=O) groups is 1. The maximum absolute atomic E-state index is 11.4. The summed E-state index contributed by atoms with van der Waals surface area (Å²) < 4.78 is 0.773. The van der Waals surface area contributed by atoms with Gasteiger partial charge in [-0.2, -0.15) is 0 Å². The van der Waals surface area contributed by atoms with Crippen LogP contribution < -0.4 is 0 Å². The molecule has 136 valence electrons. The quantitative estimate of drug-likeness (QED) is 0.195. The Morgan fingerprint density at radius 2 is 1.56 bits per heavy atom. The van der Waals surface area contributed by atoms with Gasteiger partial charge in [-0.05, 0) is 71.3 Å². The summed E-state index contributed by atoms with van der Waals surface area (Å²) in [6.07, 6.45) is 2.05. The van der Waals surface area contributed by atoms with Gasteiger partial charge in [-0.3, -0.25) is 4.79 Å². The zero-order chi connectivity index (χ0) is 19.0. The van der Waals surface area contributed by atoms with E-state index in [4.69, 9.17) is 23.2 Å². The summed E-state index contributed by atoms with van der Waals surface area (Å²) in [5.41, 5.74) is 5.73. The van der Waals surface area contributed by atoms with Crippen molar-refractivity contribution in [3.05, 3.63) is 58.1 Å². The molecule has 5 heteroatoms. The van der Waals surface area contributed by atoms with Crippen LogP contribution in [0.15, 0.2) is 36.4 Å². The number of aryl methyl sites for hydroxylation is 1. The van der Waals surface area contributed by atoms with Gasteiger partial charge < -0.3 is 0 Å². The molecule has 0 radical (unpaired) electrons. The van der Waals surface area contributed by atoms with Crippen molar-refractivity contribution in [3.8, 4) is 11.1 Å². The third-order valence-electron chi connectivity index (χ3n) is 3.73. The average molecular weight is 603 g/mol. The molecular weight excluding hydrogens is 581 g/mol. The van der Waals surface area contributed by atoms with E-state index >= 15 is 0 Å². The molecule has 0 aliphatic heterocycles. The van der Waals surface area contributed by atoms with E-state index in [1.54, 1.807) is 0 Å². The Kier molecular flexibility index (Phi) is 10.9. The highest BCUT2D eigenvalue weighted by Gasteiger charge is 2.14. The second kappa shape index (κ2) is 11.8. The van der Waals surface area contributed by atoms with Gasteiger partial charge >= 0.3 is 0 Å². The fourth-order valence-electron chi connectivity index (χ4n) is 2.74. The standard InChI is InChI=1S/C18H18Cl2O.C2H4I2/c1-3-12-7-10-16(13-5-8-14(19)9-6-13)15(4-2)17(12)11-18(20)21;1-2(3)4/h5-10H,3-4,11H2,1-2H3;2H,1H3. The molecule has 0 spiro atoms. The van der Waals surface area contributed by atoms with E-state index < -0.39 is 0 Å². The highest BCUT2D eigenvalue weighted by atomic mass is 127. The summed E-state index contributed by atoms with van der Waals surface area (Å²) >= 11 is 16.3. The number of carbonyl (C=O) groups excluding carboxylic acids is 1. The van der Waals surface area contributed by atoms with Crippen LogP contribution in [0, 0.1) is 0 Å². The number of rotatable bonds is 5. The molecule has 0 unspecified atom stereocenters. The van der Waals surface area contributed by atoms with Crippen molar-refractivity contribution in [1.29, 1.82) is 0 Å². The molecule has 2 aromatic carbocycles. The fraction of sp³-hybridized carbons (Fsp3) is 0.350. The summed E-state index contributed by atoms with van der Waals surface area (Å²) in [7, 11) is 0. The molecule has 0 N–H and O–H groups in total. The minimum absolute atomic E-state index is 0.287. The van der Waals surface area contributed by atoms with E-state index in [0.29, 0.717) is 0 Å². The number of halogens is 4.